The molecule has 0 aliphatic rings. The fraction of sp³-hybridized carbons (Fsp3) is 0.267. The number of hydrogen-bond donors (Lipinski definition) is 2. The molecule has 0 radical (unpaired) electrons. The molecule has 2 aromatic rings. The van der Waals surface area contributed by atoms with Crippen molar-refractivity contribution in [1.29, 1.82) is 0 Å². The normalized spacial score (nSPS) is 12.5. The van der Waals surface area contributed by atoms with E-state index in [1.807, 2.05) is 13.8 Å². The summed E-state index contributed by atoms with van der Waals surface area (Å²) in [4.78, 5) is 4.25. The van der Waals surface area contributed by atoms with Crippen molar-refractivity contribution < 1.29 is 8.78 Å². The third-order valence-electron chi connectivity index (χ3n) is 3.21. The lowest BCUT2D eigenvalue weighted by molar-refractivity contribution is 0.506. The van der Waals surface area contributed by atoms with Gasteiger partial charge in [-0.15, -0.1) is 0 Å². The number of aryl methyl sites for hydroxylation is 3. The molecule has 0 spiro atoms. The maximum atomic E-state index is 14.2. The molecular formula is C15H17F2N3. The molecular weight excluding hydrogens is 260 g/mol. The van der Waals surface area contributed by atoms with E-state index in [0.29, 0.717) is 11.1 Å². The number of aromatic nitrogens is 1. The number of pyridine rings is 1. The Morgan fingerprint density at radius 2 is 1.70 bits per heavy atom. The number of hydrogen-bond acceptors (Lipinski definition) is 3. The number of nitrogens with zero attached hydrogens (tertiary/aromatic N) is 1. The summed E-state index contributed by atoms with van der Waals surface area (Å²) in [6, 6.07) is 5.43. The predicted octanol–water partition coefficient (Wildman–Crippen LogP) is 2.84. The van der Waals surface area contributed by atoms with Crippen LogP contribution < -0.4 is 11.3 Å². The monoisotopic (exact) mass is 277 g/mol. The van der Waals surface area contributed by atoms with Crippen molar-refractivity contribution in [3.05, 3.63) is 64.0 Å². The molecule has 0 fully saturated rings. The number of nitrogens with two attached hydrogens (primary N) is 1. The maximum absolute atomic E-state index is 14.2. The quantitative estimate of drug-likeness (QED) is 0.670. The summed E-state index contributed by atoms with van der Waals surface area (Å²) in [5, 5.41) is 0. The standard InChI is InChI=1S/C15H17F2N3/c1-8-4-5-12(16)13(14(8)17)15(20-18)11-6-9(2)19-10(3)7-11/h4-7,15,20H,18H2,1-3H3. The van der Waals surface area contributed by atoms with Crippen LogP contribution in [0.3, 0.4) is 0 Å². The fourth-order valence-electron chi connectivity index (χ4n) is 2.32. The van der Waals surface area contributed by atoms with Gasteiger partial charge in [0.15, 0.2) is 0 Å². The summed E-state index contributed by atoms with van der Waals surface area (Å²) in [5.74, 6) is 4.32. The second-order valence-electron chi connectivity index (χ2n) is 4.87. The van der Waals surface area contributed by atoms with Gasteiger partial charge in [-0.05, 0) is 50.1 Å². The largest absolute Gasteiger partial charge is 0.271 e. The van der Waals surface area contributed by atoms with E-state index in [1.54, 1.807) is 19.1 Å². The molecule has 0 aliphatic heterocycles. The lowest BCUT2D eigenvalue weighted by Gasteiger charge is -2.20. The number of nitrogens with one attached hydrogen (secondary N) is 1. The van der Waals surface area contributed by atoms with Crippen LogP contribution in [0.4, 0.5) is 8.78 Å². The Morgan fingerprint density at radius 3 is 2.25 bits per heavy atom. The summed E-state index contributed by atoms with van der Waals surface area (Å²) in [6.45, 7) is 5.25. The lowest BCUT2D eigenvalue weighted by Crippen LogP contribution is -2.30. The minimum absolute atomic E-state index is 0.0718. The van der Waals surface area contributed by atoms with E-state index in [0.717, 1.165) is 11.4 Å². The predicted molar refractivity (Wildman–Crippen MR) is 74.0 cm³/mol. The molecule has 0 amide bonds. The third-order valence-corrected chi connectivity index (χ3v) is 3.21. The number of rotatable bonds is 3. The van der Waals surface area contributed by atoms with Gasteiger partial charge in [-0.2, -0.15) is 0 Å². The average molecular weight is 277 g/mol. The highest BCUT2D eigenvalue weighted by atomic mass is 19.1. The first-order valence-electron chi connectivity index (χ1n) is 6.30. The van der Waals surface area contributed by atoms with Crippen LogP contribution in [0.2, 0.25) is 0 Å². The molecule has 0 aliphatic carbocycles. The van der Waals surface area contributed by atoms with Gasteiger partial charge in [0, 0.05) is 17.0 Å². The lowest BCUT2D eigenvalue weighted by atomic mass is 9.96. The van der Waals surface area contributed by atoms with Crippen molar-refractivity contribution in [2.75, 3.05) is 0 Å². The first-order chi connectivity index (χ1) is 9.43. The SMILES string of the molecule is Cc1cc(C(NN)c2c(F)ccc(C)c2F)cc(C)n1. The number of benzene rings is 1. The van der Waals surface area contributed by atoms with E-state index in [9.17, 15) is 8.78 Å². The van der Waals surface area contributed by atoms with Crippen LogP contribution in [0.1, 0.15) is 34.1 Å². The van der Waals surface area contributed by atoms with E-state index >= 15 is 0 Å². The Bertz CT molecular complexity index is 621. The van der Waals surface area contributed by atoms with Crippen LogP contribution >= 0.6 is 0 Å². The van der Waals surface area contributed by atoms with Gasteiger partial charge >= 0.3 is 0 Å². The second-order valence-corrected chi connectivity index (χ2v) is 4.87. The van der Waals surface area contributed by atoms with E-state index in [4.69, 9.17) is 5.84 Å². The van der Waals surface area contributed by atoms with E-state index in [-0.39, 0.29) is 5.56 Å². The van der Waals surface area contributed by atoms with Gasteiger partial charge in [0.1, 0.15) is 11.6 Å². The zero-order chi connectivity index (χ0) is 14.9. The van der Waals surface area contributed by atoms with Gasteiger partial charge in [0.05, 0.1) is 6.04 Å². The van der Waals surface area contributed by atoms with Crippen LogP contribution in [0.5, 0.6) is 0 Å². The molecule has 1 unspecified atom stereocenters. The highest BCUT2D eigenvalue weighted by molar-refractivity contribution is 5.37. The molecule has 3 nitrogen and oxygen atoms in total. The summed E-state index contributed by atoms with van der Waals surface area (Å²) in [6.07, 6.45) is 0. The molecule has 0 bridgehead atoms. The van der Waals surface area contributed by atoms with Crippen molar-refractivity contribution in [2.24, 2.45) is 5.84 Å². The number of hydrazine groups is 1. The van der Waals surface area contributed by atoms with Crippen LogP contribution in [0, 0.1) is 32.4 Å². The molecule has 5 heteroatoms. The zero-order valence-corrected chi connectivity index (χ0v) is 11.7. The van der Waals surface area contributed by atoms with Gasteiger partial charge in [-0.1, -0.05) is 6.07 Å². The minimum atomic E-state index is -0.754. The minimum Gasteiger partial charge on any atom is -0.271 e. The molecule has 0 saturated heterocycles. The smallest absolute Gasteiger partial charge is 0.134 e. The first kappa shape index (κ1) is 14.6. The molecule has 2 rings (SSSR count). The van der Waals surface area contributed by atoms with Crippen LogP contribution in [0.25, 0.3) is 0 Å². The maximum Gasteiger partial charge on any atom is 0.134 e. The molecule has 1 aromatic heterocycles. The van der Waals surface area contributed by atoms with Crippen molar-refractivity contribution in [1.82, 2.24) is 10.4 Å². The second kappa shape index (κ2) is 5.64. The van der Waals surface area contributed by atoms with E-state index in [1.165, 1.54) is 12.1 Å². The highest BCUT2D eigenvalue weighted by Crippen LogP contribution is 2.28. The highest BCUT2D eigenvalue weighted by Gasteiger charge is 2.22. The van der Waals surface area contributed by atoms with Gasteiger partial charge in [-0.25, -0.2) is 14.2 Å². The van der Waals surface area contributed by atoms with Gasteiger partial charge in [-0.3, -0.25) is 10.8 Å². The van der Waals surface area contributed by atoms with E-state index in [2.05, 4.69) is 10.4 Å². The molecule has 1 aromatic carbocycles. The average Bonchev–Trinajstić information content (AvgIpc) is 2.38. The molecule has 1 atom stereocenters. The topological polar surface area (TPSA) is 50.9 Å². The summed E-state index contributed by atoms with van der Waals surface area (Å²) >= 11 is 0. The van der Waals surface area contributed by atoms with E-state index < -0.39 is 17.7 Å². The summed E-state index contributed by atoms with van der Waals surface area (Å²) in [7, 11) is 0. The van der Waals surface area contributed by atoms with Crippen molar-refractivity contribution in [3.8, 4) is 0 Å². The Morgan fingerprint density at radius 1 is 1.10 bits per heavy atom. The van der Waals surface area contributed by atoms with Crippen LogP contribution in [-0.2, 0) is 0 Å². The van der Waals surface area contributed by atoms with Crippen LogP contribution in [-0.4, -0.2) is 4.98 Å². The molecule has 0 saturated carbocycles. The number of halogens is 2. The Kier molecular flexibility index (Phi) is 4.11. The van der Waals surface area contributed by atoms with Crippen molar-refractivity contribution >= 4 is 0 Å². The Hall–Kier alpha value is -1.85. The molecule has 20 heavy (non-hydrogen) atoms. The fourth-order valence-corrected chi connectivity index (χ4v) is 2.32. The zero-order valence-electron chi connectivity index (χ0n) is 11.7. The van der Waals surface area contributed by atoms with Gasteiger partial charge < -0.3 is 0 Å². The van der Waals surface area contributed by atoms with Crippen molar-refractivity contribution in [2.45, 2.75) is 26.8 Å². The van der Waals surface area contributed by atoms with Crippen molar-refractivity contribution in [3.63, 3.8) is 0 Å². The van der Waals surface area contributed by atoms with Gasteiger partial charge in [0.25, 0.3) is 0 Å². The summed E-state index contributed by atoms with van der Waals surface area (Å²) < 4.78 is 28.2. The van der Waals surface area contributed by atoms with Gasteiger partial charge in [0.2, 0.25) is 0 Å². The molecule has 106 valence electrons. The Labute approximate surface area is 116 Å². The van der Waals surface area contributed by atoms with Crippen LogP contribution in [0.15, 0.2) is 24.3 Å². The molecule has 1 heterocycles. The third kappa shape index (κ3) is 2.69. The Balaban J connectivity index is 2.61. The first-order valence-corrected chi connectivity index (χ1v) is 6.30. The summed E-state index contributed by atoms with van der Waals surface area (Å²) in [5.41, 5.74) is 5.02. The molecule has 3 N–H and O–H groups in total.